The summed E-state index contributed by atoms with van der Waals surface area (Å²) in [4.78, 5) is 10.3. The third-order valence-electron chi connectivity index (χ3n) is 3.34. The van der Waals surface area contributed by atoms with E-state index in [4.69, 9.17) is 9.66 Å². The first kappa shape index (κ1) is 26.1. The smallest absolute Gasteiger partial charge is 0.303 e. The molecule has 0 fully saturated rings. The molecule has 0 bridgehead atoms. The van der Waals surface area contributed by atoms with E-state index < -0.39 is 16.1 Å². The van der Waals surface area contributed by atoms with Crippen molar-refractivity contribution in [1.82, 2.24) is 0 Å². The van der Waals surface area contributed by atoms with Gasteiger partial charge in [-0.15, -0.1) is 0 Å². The molecule has 0 atom stereocenters. The zero-order valence-electron chi connectivity index (χ0n) is 15.8. The van der Waals surface area contributed by atoms with Crippen LogP contribution in [0.3, 0.4) is 0 Å². The summed E-state index contributed by atoms with van der Waals surface area (Å²) in [5.41, 5.74) is 0. The third kappa shape index (κ3) is 39.5. The van der Waals surface area contributed by atoms with Gasteiger partial charge in [-0.2, -0.15) is 8.42 Å². The van der Waals surface area contributed by atoms with Crippen LogP contribution in [0, 0.1) is 0 Å². The summed E-state index contributed by atoms with van der Waals surface area (Å²) in [6.07, 6.45) is 23.0. The van der Waals surface area contributed by atoms with Crippen molar-refractivity contribution >= 4 is 16.1 Å². The Morgan fingerprint density at radius 2 is 1.28 bits per heavy atom. The molecule has 148 valence electrons. The van der Waals surface area contributed by atoms with Gasteiger partial charge in [-0.05, 0) is 38.5 Å². The quantitative estimate of drug-likeness (QED) is 0.241. The number of unbranched alkanes of at least 4 members (excludes halogenated alkanes) is 8. The van der Waals surface area contributed by atoms with E-state index in [1.165, 1.54) is 44.9 Å². The maximum absolute atomic E-state index is 10.3. The Bertz CT molecular complexity index is 444. The molecule has 0 aromatic heterocycles. The SMILES string of the molecule is CCCCC/C=C\C/C=C\CCCCCCCC(=O)O.CS(=O)(=O)O. The van der Waals surface area contributed by atoms with Gasteiger partial charge < -0.3 is 5.11 Å². The molecule has 0 saturated carbocycles. The molecule has 0 saturated heterocycles. The minimum Gasteiger partial charge on any atom is -0.481 e. The van der Waals surface area contributed by atoms with Gasteiger partial charge in [0.2, 0.25) is 0 Å². The van der Waals surface area contributed by atoms with Crippen molar-refractivity contribution in [3.8, 4) is 0 Å². The zero-order valence-corrected chi connectivity index (χ0v) is 16.6. The molecule has 0 amide bonds. The van der Waals surface area contributed by atoms with Crippen molar-refractivity contribution in [3.63, 3.8) is 0 Å². The maximum atomic E-state index is 10.3. The van der Waals surface area contributed by atoms with Crippen molar-refractivity contribution in [1.29, 1.82) is 0 Å². The first-order valence-corrected chi connectivity index (χ1v) is 11.1. The molecule has 0 aromatic rings. The Hall–Kier alpha value is -1.14. The van der Waals surface area contributed by atoms with Gasteiger partial charge in [0.1, 0.15) is 0 Å². The van der Waals surface area contributed by atoms with Crippen LogP contribution in [0.4, 0.5) is 0 Å². The fourth-order valence-corrected chi connectivity index (χ4v) is 2.09. The molecule has 0 aliphatic rings. The lowest BCUT2D eigenvalue weighted by Gasteiger charge is -1.98. The fraction of sp³-hybridized carbons (Fsp3) is 0.737. The first-order valence-electron chi connectivity index (χ1n) is 9.21. The predicted octanol–water partition coefficient (Wildman–Crippen LogP) is 5.39. The van der Waals surface area contributed by atoms with E-state index in [0.29, 0.717) is 12.7 Å². The summed E-state index contributed by atoms with van der Waals surface area (Å²) in [5, 5.41) is 8.50. The Kier molecular flexibility index (Phi) is 20.0. The summed E-state index contributed by atoms with van der Waals surface area (Å²) >= 11 is 0. The highest BCUT2D eigenvalue weighted by Crippen LogP contribution is 2.08. The van der Waals surface area contributed by atoms with Gasteiger partial charge in [-0.25, -0.2) is 0 Å². The molecule has 6 heteroatoms. The summed E-state index contributed by atoms with van der Waals surface area (Å²) in [6, 6.07) is 0. The van der Waals surface area contributed by atoms with Gasteiger partial charge in [0.15, 0.2) is 0 Å². The predicted molar refractivity (Wildman–Crippen MR) is 104 cm³/mol. The number of carbonyl (C=O) groups is 1. The Morgan fingerprint density at radius 1 is 0.840 bits per heavy atom. The number of allylic oxidation sites excluding steroid dienone is 4. The van der Waals surface area contributed by atoms with Gasteiger partial charge in [0, 0.05) is 6.42 Å². The van der Waals surface area contributed by atoms with E-state index in [1.54, 1.807) is 0 Å². The van der Waals surface area contributed by atoms with Crippen LogP contribution in [-0.2, 0) is 14.9 Å². The Labute approximate surface area is 154 Å². The number of rotatable bonds is 14. The molecule has 5 nitrogen and oxygen atoms in total. The number of carboxylic acids is 1. The monoisotopic (exact) mass is 376 g/mol. The van der Waals surface area contributed by atoms with Gasteiger partial charge in [0.25, 0.3) is 10.1 Å². The largest absolute Gasteiger partial charge is 0.481 e. The highest BCUT2D eigenvalue weighted by molar-refractivity contribution is 7.85. The van der Waals surface area contributed by atoms with Crippen molar-refractivity contribution < 1.29 is 22.9 Å². The molecule has 0 heterocycles. The van der Waals surface area contributed by atoms with E-state index >= 15 is 0 Å². The van der Waals surface area contributed by atoms with Crippen molar-refractivity contribution in [2.24, 2.45) is 0 Å². The molecule has 0 aliphatic carbocycles. The van der Waals surface area contributed by atoms with Crippen LogP contribution in [0.5, 0.6) is 0 Å². The molecule has 0 rings (SSSR count). The molecular weight excluding hydrogens is 340 g/mol. The number of hydrogen-bond acceptors (Lipinski definition) is 3. The van der Waals surface area contributed by atoms with Crippen LogP contribution in [0.1, 0.15) is 84.0 Å². The van der Waals surface area contributed by atoms with E-state index in [-0.39, 0.29) is 0 Å². The van der Waals surface area contributed by atoms with Crippen molar-refractivity contribution in [3.05, 3.63) is 24.3 Å². The Balaban J connectivity index is 0. The van der Waals surface area contributed by atoms with Crippen molar-refractivity contribution in [2.45, 2.75) is 84.0 Å². The zero-order chi connectivity index (χ0) is 19.4. The summed E-state index contributed by atoms with van der Waals surface area (Å²) in [6.45, 7) is 2.23. The lowest BCUT2D eigenvalue weighted by atomic mass is 10.1. The molecule has 0 spiro atoms. The van der Waals surface area contributed by atoms with Gasteiger partial charge in [-0.1, -0.05) is 63.3 Å². The van der Waals surface area contributed by atoms with Crippen LogP contribution >= 0.6 is 0 Å². The minimum atomic E-state index is -3.67. The second-order valence-corrected chi connectivity index (χ2v) is 7.57. The number of carboxylic acid groups (broad SMARTS) is 1. The average Bonchev–Trinajstić information content (AvgIpc) is 2.49. The molecule has 2 N–H and O–H groups in total. The highest BCUT2D eigenvalue weighted by atomic mass is 32.2. The maximum Gasteiger partial charge on any atom is 0.303 e. The van der Waals surface area contributed by atoms with Crippen LogP contribution in [-0.4, -0.2) is 30.3 Å². The summed E-state index contributed by atoms with van der Waals surface area (Å²) in [5.74, 6) is -0.671. The fourth-order valence-electron chi connectivity index (χ4n) is 2.09. The second-order valence-electron chi connectivity index (χ2n) is 6.11. The molecule has 25 heavy (non-hydrogen) atoms. The van der Waals surface area contributed by atoms with Gasteiger partial charge in [0.05, 0.1) is 6.26 Å². The summed E-state index contributed by atoms with van der Waals surface area (Å²) < 4.78 is 25.9. The lowest BCUT2D eigenvalue weighted by Crippen LogP contribution is -1.93. The van der Waals surface area contributed by atoms with E-state index in [9.17, 15) is 13.2 Å². The topological polar surface area (TPSA) is 91.7 Å². The van der Waals surface area contributed by atoms with Gasteiger partial charge >= 0.3 is 5.97 Å². The van der Waals surface area contributed by atoms with E-state index in [1.807, 2.05) is 0 Å². The molecule has 0 unspecified atom stereocenters. The third-order valence-corrected chi connectivity index (χ3v) is 3.34. The molecular formula is C19H36O5S. The second kappa shape index (κ2) is 19.2. The van der Waals surface area contributed by atoms with Crippen molar-refractivity contribution in [2.75, 3.05) is 6.26 Å². The standard InChI is InChI=1S/C18H32O2.CH4O3S/c1-2-3-4-5-6-7-8-9-10-11-12-13-14-15-16-17-18(19)20;1-5(2,3)4/h6-7,9-10H,2-5,8,11-17H2,1H3,(H,19,20);1H3,(H,2,3,4)/b7-6-,10-9-;. The van der Waals surface area contributed by atoms with E-state index in [0.717, 1.165) is 25.7 Å². The van der Waals surface area contributed by atoms with Gasteiger partial charge in [-0.3, -0.25) is 9.35 Å². The minimum absolute atomic E-state index is 0.324. The lowest BCUT2D eigenvalue weighted by molar-refractivity contribution is -0.137. The van der Waals surface area contributed by atoms with Crippen LogP contribution in [0.25, 0.3) is 0 Å². The Morgan fingerprint density at radius 3 is 1.76 bits per heavy atom. The first-order chi connectivity index (χ1) is 11.8. The van der Waals surface area contributed by atoms with Crippen LogP contribution < -0.4 is 0 Å². The molecule has 0 radical (unpaired) electrons. The van der Waals surface area contributed by atoms with Crippen LogP contribution in [0.2, 0.25) is 0 Å². The average molecular weight is 377 g/mol. The molecule has 0 aromatic carbocycles. The molecule has 0 aliphatic heterocycles. The highest BCUT2D eigenvalue weighted by Gasteiger charge is 1.95. The number of hydrogen-bond donors (Lipinski definition) is 2. The van der Waals surface area contributed by atoms with Crippen LogP contribution in [0.15, 0.2) is 24.3 Å². The number of aliphatic carboxylic acids is 1. The van der Waals surface area contributed by atoms with E-state index in [2.05, 4.69) is 31.2 Å². The normalized spacial score (nSPS) is 11.6. The summed E-state index contributed by atoms with van der Waals surface area (Å²) in [7, 11) is -3.67.